The molecule has 0 bridgehead atoms. The highest BCUT2D eigenvalue weighted by atomic mass is 16.3. The number of para-hydroxylation sites is 1. The van der Waals surface area contributed by atoms with Gasteiger partial charge in [0, 0.05) is 27.7 Å². The van der Waals surface area contributed by atoms with Crippen LogP contribution >= 0.6 is 0 Å². The highest BCUT2D eigenvalue weighted by molar-refractivity contribution is 6.24. The summed E-state index contributed by atoms with van der Waals surface area (Å²) in [6, 6.07) is 66.2. The van der Waals surface area contributed by atoms with E-state index >= 15 is 0 Å². The Morgan fingerprint density at radius 2 is 1.07 bits per heavy atom. The van der Waals surface area contributed by atoms with Crippen LogP contribution < -0.4 is 4.90 Å². The maximum Gasteiger partial charge on any atom is 0.159 e. The number of furan rings is 1. The topological polar surface area (TPSA) is 16.4 Å². The van der Waals surface area contributed by atoms with Gasteiger partial charge in [0.1, 0.15) is 5.58 Å². The Kier molecular flexibility index (Phi) is 8.99. The summed E-state index contributed by atoms with van der Waals surface area (Å²) >= 11 is 0. The third kappa shape index (κ3) is 6.56. The largest absolute Gasteiger partial charge is 0.453 e. The van der Waals surface area contributed by atoms with Gasteiger partial charge in [0.15, 0.2) is 5.58 Å². The van der Waals surface area contributed by atoms with Gasteiger partial charge < -0.3 is 9.32 Å². The molecule has 1 aromatic heterocycles. The van der Waals surface area contributed by atoms with E-state index in [1.54, 1.807) is 0 Å². The average Bonchev–Trinajstić information content (AvgIpc) is 3.66. The standard InChI is InChI=1S/C53H39NO/c1-37(39-18-6-3-7-19-39)16-14-17-38(2)54(46-34-32-43(33-35-46)42-30-28-41(29-31-42)40-20-8-4-9-21-40)50-27-15-26-48-51-47-25-13-12-24-45(47)36-49(53(51)55-52(48)50)44-22-10-5-11-23-44/h3-36H,2H2,1H3/b17-14-,37-16+. The molecule has 0 unspecified atom stereocenters. The normalized spacial score (nSPS) is 11.8. The Bertz CT molecular complexity index is 2850. The predicted molar refractivity (Wildman–Crippen MR) is 234 cm³/mol. The van der Waals surface area contributed by atoms with Crippen LogP contribution in [0, 0.1) is 0 Å². The molecule has 9 aromatic rings. The van der Waals surface area contributed by atoms with Crippen molar-refractivity contribution in [2.45, 2.75) is 6.92 Å². The van der Waals surface area contributed by atoms with Crippen molar-refractivity contribution in [1.82, 2.24) is 0 Å². The van der Waals surface area contributed by atoms with Crippen LogP contribution in [0.2, 0.25) is 0 Å². The van der Waals surface area contributed by atoms with Gasteiger partial charge in [-0.15, -0.1) is 0 Å². The fourth-order valence-corrected chi connectivity index (χ4v) is 7.56. The number of nitrogens with zero attached hydrogens (tertiary/aromatic N) is 1. The highest BCUT2D eigenvalue weighted by Crippen LogP contribution is 2.45. The zero-order chi connectivity index (χ0) is 37.1. The van der Waals surface area contributed by atoms with E-state index in [0.29, 0.717) is 0 Å². The lowest BCUT2D eigenvalue weighted by molar-refractivity contribution is 0.670. The molecule has 0 aliphatic carbocycles. The molecule has 0 aliphatic heterocycles. The summed E-state index contributed by atoms with van der Waals surface area (Å²) in [4.78, 5) is 2.21. The van der Waals surface area contributed by atoms with Gasteiger partial charge >= 0.3 is 0 Å². The van der Waals surface area contributed by atoms with E-state index in [9.17, 15) is 0 Å². The maximum absolute atomic E-state index is 7.05. The second kappa shape index (κ2) is 14.7. The highest BCUT2D eigenvalue weighted by Gasteiger charge is 2.22. The molecule has 1 heterocycles. The van der Waals surface area contributed by atoms with E-state index in [-0.39, 0.29) is 0 Å². The van der Waals surface area contributed by atoms with Crippen LogP contribution in [0.15, 0.2) is 223 Å². The Labute approximate surface area is 322 Å². The fraction of sp³-hybridized carbons (Fsp3) is 0.0189. The number of rotatable bonds is 9. The summed E-state index contributed by atoms with van der Waals surface area (Å²) in [7, 11) is 0. The summed E-state index contributed by atoms with van der Waals surface area (Å²) in [5.41, 5.74) is 13.7. The van der Waals surface area contributed by atoms with E-state index in [1.165, 1.54) is 33.0 Å². The number of hydrogen-bond acceptors (Lipinski definition) is 2. The minimum Gasteiger partial charge on any atom is -0.453 e. The van der Waals surface area contributed by atoms with Gasteiger partial charge in [-0.25, -0.2) is 0 Å². The zero-order valence-electron chi connectivity index (χ0n) is 30.7. The van der Waals surface area contributed by atoms with E-state index in [0.717, 1.165) is 61.3 Å². The van der Waals surface area contributed by atoms with E-state index in [1.807, 2.05) is 12.1 Å². The molecule has 0 spiro atoms. The molecule has 0 N–H and O–H groups in total. The second-order valence-corrected chi connectivity index (χ2v) is 13.9. The van der Waals surface area contributed by atoms with Gasteiger partial charge in [0.05, 0.1) is 5.69 Å². The van der Waals surface area contributed by atoms with Crippen molar-refractivity contribution in [3.05, 3.63) is 224 Å². The van der Waals surface area contributed by atoms with Crippen molar-refractivity contribution >= 4 is 49.7 Å². The van der Waals surface area contributed by atoms with Gasteiger partial charge in [-0.3, -0.25) is 0 Å². The Morgan fingerprint density at radius 3 is 1.75 bits per heavy atom. The van der Waals surface area contributed by atoms with Crippen molar-refractivity contribution in [3.8, 4) is 33.4 Å². The molecule has 9 rings (SSSR count). The molecule has 0 radical (unpaired) electrons. The number of allylic oxidation sites excluding steroid dienone is 4. The SMILES string of the molecule is C=C(/C=C\C=C(/C)c1ccccc1)N(c1ccc(-c2ccc(-c3ccccc3)cc2)cc1)c1cccc2c1oc1c(-c3ccccc3)cc3ccccc3c12. The van der Waals surface area contributed by atoms with Gasteiger partial charge in [-0.1, -0.05) is 183 Å². The predicted octanol–water partition coefficient (Wildman–Crippen LogP) is 15.1. The monoisotopic (exact) mass is 705 g/mol. The number of hydrogen-bond donors (Lipinski definition) is 0. The first-order valence-electron chi connectivity index (χ1n) is 18.7. The maximum atomic E-state index is 7.05. The summed E-state index contributed by atoms with van der Waals surface area (Å²) in [5, 5.41) is 4.53. The molecule has 2 heteroatoms. The lowest BCUT2D eigenvalue weighted by Gasteiger charge is -2.26. The second-order valence-electron chi connectivity index (χ2n) is 13.9. The van der Waals surface area contributed by atoms with Crippen LogP contribution in [0.5, 0.6) is 0 Å². The molecule has 0 saturated heterocycles. The van der Waals surface area contributed by atoms with Crippen LogP contribution in [0.3, 0.4) is 0 Å². The third-order valence-electron chi connectivity index (χ3n) is 10.4. The number of anilines is 2. The molecule has 2 nitrogen and oxygen atoms in total. The van der Waals surface area contributed by atoms with Gasteiger partial charge in [0.2, 0.25) is 0 Å². The zero-order valence-corrected chi connectivity index (χ0v) is 30.7. The summed E-state index contributed by atoms with van der Waals surface area (Å²) < 4.78 is 7.05. The van der Waals surface area contributed by atoms with Gasteiger partial charge in [0.25, 0.3) is 0 Å². The molecule has 0 amide bonds. The van der Waals surface area contributed by atoms with E-state index in [2.05, 4.69) is 213 Å². The average molecular weight is 706 g/mol. The minimum atomic E-state index is 0.817. The van der Waals surface area contributed by atoms with Gasteiger partial charge in [-0.2, -0.15) is 0 Å². The first-order chi connectivity index (χ1) is 27.1. The van der Waals surface area contributed by atoms with Crippen LogP contribution in [0.1, 0.15) is 12.5 Å². The van der Waals surface area contributed by atoms with Crippen LogP contribution in [-0.2, 0) is 0 Å². The Balaban J connectivity index is 1.17. The van der Waals surface area contributed by atoms with Crippen molar-refractivity contribution < 1.29 is 4.42 Å². The third-order valence-corrected chi connectivity index (χ3v) is 10.4. The fourth-order valence-electron chi connectivity index (χ4n) is 7.56. The minimum absolute atomic E-state index is 0.817. The lowest BCUT2D eigenvalue weighted by atomic mass is 9.96. The molecule has 0 saturated carbocycles. The van der Waals surface area contributed by atoms with E-state index < -0.39 is 0 Å². The van der Waals surface area contributed by atoms with Crippen molar-refractivity contribution in [2.75, 3.05) is 4.90 Å². The molecular formula is C53H39NO. The lowest BCUT2D eigenvalue weighted by Crippen LogP contribution is -2.14. The molecule has 262 valence electrons. The van der Waals surface area contributed by atoms with Crippen LogP contribution in [-0.4, -0.2) is 0 Å². The smallest absolute Gasteiger partial charge is 0.159 e. The molecule has 0 fully saturated rings. The molecular weight excluding hydrogens is 667 g/mol. The van der Waals surface area contributed by atoms with E-state index in [4.69, 9.17) is 4.42 Å². The quantitative estimate of drug-likeness (QED) is 0.139. The van der Waals surface area contributed by atoms with Crippen LogP contribution in [0.4, 0.5) is 11.4 Å². The van der Waals surface area contributed by atoms with Gasteiger partial charge in [-0.05, 0) is 87.0 Å². The van der Waals surface area contributed by atoms with Crippen molar-refractivity contribution in [3.63, 3.8) is 0 Å². The van der Waals surface area contributed by atoms with Crippen LogP contribution in [0.25, 0.3) is 71.7 Å². The summed E-state index contributed by atoms with van der Waals surface area (Å²) in [5.74, 6) is 0. The molecule has 0 atom stereocenters. The summed E-state index contributed by atoms with van der Waals surface area (Å²) in [6.45, 7) is 6.77. The van der Waals surface area contributed by atoms with Crippen molar-refractivity contribution in [2.24, 2.45) is 0 Å². The Morgan fingerprint density at radius 1 is 0.527 bits per heavy atom. The number of fused-ring (bicyclic) bond motifs is 5. The summed E-state index contributed by atoms with van der Waals surface area (Å²) in [6.07, 6.45) is 6.30. The first kappa shape index (κ1) is 33.7. The first-order valence-corrected chi connectivity index (χ1v) is 18.7. The van der Waals surface area contributed by atoms with Crippen molar-refractivity contribution in [1.29, 1.82) is 0 Å². The molecule has 55 heavy (non-hydrogen) atoms. The molecule has 8 aromatic carbocycles. The molecule has 0 aliphatic rings. The Hall–Kier alpha value is -7.16. The number of benzene rings is 8.